The molecule has 1 aromatic carbocycles. The van der Waals surface area contributed by atoms with E-state index in [1.54, 1.807) is 6.20 Å². The summed E-state index contributed by atoms with van der Waals surface area (Å²) in [6.45, 7) is 0.314. The van der Waals surface area contributed by atoms with Crippen molar-refractivity contribution in [3.63, 3.8) is 0 Å². The Bertz CT molecular complexity index is 651. The second kappa shape index (κ2) is 7.46. The second-order valence-corrected chi connectivity index (χ2v) is 5.02. The molecule has 1 aromatic heterocycles. The maximum atomic E-state index is 11.7. The number of anilines is 2. The summed E-state index contributed by atoms with van der Waals surface area (Å²) in [6, 6.07) is 13.3. The highest BCUT2D eigenvalue weighted by Gasteiger charge is 2.22. The molecular formula is C16H18N4O3. The van der Waals surface area contributed by atoms with Gasteiger partial charge >= 0.3 is 6.16 Å². The predicted molar refractivity (Wildman–Crippen MR) is 85.3 cm³/mol. The fourth-order valence-electron chi connectivity index (χ4n) is 2.21. The first-order valence-corrected chi connectivity index (χ1v) is 7.48. The number of carbonyl (C=O) groups excluding carboxylic acids is 1. The molecule has 7 heteroatoms. The summed E-state index contributed by atoms with van der Waals surface area (Å²) in [4.78, 5) is 21.0. The van der Waals surface area contributed by atoms with Gasteiger partial charge in [-0.3, -0.25) is 15.2 Å². The molecule has 0 unspecified atom stereocenters. The zero-order valence-corrected chi connectivity index (χ0v) is 12.6. The molecule has 0 amide bonds. The fourth-order valence-corrected chi connectivity index (χ4v) is 2.21. The summed E-state index contributed by atoms with van der Waals surface area (Å²) < 4.78 is 5.07. The number of para-hydroxylation sites is 2. The maximum Gasteiger partial charge on any atom is 0.534 e. The van der Waals surface area contributed by atoms with Crippen LogP contribution in [0.2, 0.25) is 0 Å². The van der Waals surface area contributed by atoms with E-state index in [9.17, 15) is 4.79 Å². The Balaban J connectivity index is 1.34. The number of nitrogens with zero attached hydrogens (tertiary/aromatic N) is 2. The SMILES string of the molecule is O=C(OCCCCc1ccccn1)ON1NNc2ccccc21. The number of pyridine rings is 1. The maximum absolute atomic E-state index is 11.7. The van der Waals surface area contributed by atoms with Crippen LogP contribution in [-0.4, -0.2) is 17.7 Å². The highest BCUT2D eigenvalue weighted by atomic mass is 16.8. The van der Waals surface area contributed by atoms with Crippen molar-refractivity contribution in [2.75, 3.05) is 17.2 Å². The molecule has 2 heterocycles. The van der Waals surface area contributed by atoms with E-state index >= 15 is 0 Å². The van der Waals surface area contributed by atoms with E-state index in [0.29, 0.717) is 6.61 Å². The molecule has 0 aliphatic carbocycles. The molecule has 0 atom stereocenters. The van der Waals surface area contributed by atoms with Gasteiger partial charge in [-0.15, -0.1) is 10.7 Å². The Morgan fingerprint density at radius 3 is 2.87 bits per heavy atom. The van der Waals surface area contributed by atoms with Gasteiger partial charge < -0.3 is 4.74 Å². The van der Waals surface area contributed by atoms with Crippen molar-refractivity contribution in [1.29, 1.82) is 0 Å². The van der Waals surface area contributed by atoms with Gasteiger partial charge in [0.25, 0.3) is 0 Å². The largest absolute Gasteiger partial charge is 0.534 e. The molecule has 1 aliphatic heterocycles. The quantitative estimate of drug-likeness (QED) is 0.627. The number of hydrogen-bond donors (Lipinski definition) is 2. The van der Waals surface area contributed by atoms with Crippen LogP contribution in [0.5, 0.6) is 0 Å². The van der Waals surface area contributed by atoms with E-state index in [2.05, 4.69) is 15.9 Å². The number of fused-ring (bicyclic) bond motifs is 1. The van der Waals surface area contributed by atoms with E-state index in [1.807, 2.05) is 42.5 Å². The Morgan fingerprint density at radius 1 is 1.13 bits per heavy atom. The van der Waals surface area contributed by atoms with Crippen LogP contribution in [0.3, 0.4) is 0 Å². The third-order valence-corrected chi connectivity index (χ3v) is 3.35. The molecule has 2 aromatic rings. The average molecular weight is 314 g/mol. The molecule has 120 valence electrons. The van der Waals surface area contributed by atoms with Crippen molar-refractivity contribution in [3.8, 4) is 0 Å². The Morgan fingerprint density at radius 2 is 2.00 bits per heavy atom. The number of unbranched alkanes of at least 4 members (excludes halogenated alkanes) is 1. The lowest BCUT2D eigenvalue weighted by atomic mass is 10.2. The topological polar surface area (TPSA) is 75.7 Å². The van der Waals surface area contributed by atoms with Crippen LogP contribution in [0.25, 0.3) is 0 Å². The first-order valence-electron chi connectivity index (χ1n) is 7.48. The third kappa shape index (κ3) is 4.10. The molecule has 0 spiro atoms. The van der Waals surface area contributed by atoms with Crippen molar-refractivity contribution in [2.24, 2.45) is 0 Å². The lowest BCUT2D eigenvalue weighted by Gasteiger charge is -2.15. The predicted octanol–water partition coefficient (Wildman–Crippen LogP) is 2.82. The number of rotatable bonds is 6. The van der Waals surface area contributed by atoms with Crippen LogP contribution in [0, 0.1) is 0 Å². The molecule has 23 heavy (non-hydrogen) atoms. The van der Waals surface area contributed by atoms with Gasteiger partial charge in [0.2, 0.25) is 0 Å². The molecule has 3 rings (SSSR count). The lowest BCUT2D eigenvalue weighted by molar-refractivity contribution is 0.0394. The monoisotopic (exact) mass is 314 g/mol. The summed E-state index contributed by atoms with van der Waals surface area (Å²) in [5.41, 5.74) is 8.21. The minimum Gasteiger partial charge on any atom is -0.433 e. The van der Waals surface area contributed by atoms with Gasteiger partial charge in [-0.1, -0.05) is 18.2 Å². The minimum atomic E-state index is -0.742. The van der Waals surface area contributed by atoms with E-state index in [4.69, 9.17) is 9.57 Å². The van der Waals surface area contributed by atoms with Crippen LogP contribution in [-0.2, 0) is 16.0 Å². The first kappa shape index (κ1) is 15.1. The zero-order chi connectivity index (χ0) is 15.9. The summed E-state index contributed by atoms with van der Waals surface area (Å²) in [6.07, 6.45) is 3.56. The van der Waals surface area contributed by atoms with Crippen molar-refractivity contribution in [1.82, 2.24) is 10.5 Å². The normalized spacial score (nSPS) is 12.4. The van der Waals surface area contributed by atoms with Gasteiger partial charge in [0.05, 0.1) is 12.3 Å². The smallest absolute Gasteiger partial charge is 0.433 e. The average Bonchev–Trinajstić information content (AvgIpc) is 2.99. The van der Waals surface area contributed by atoms with Crippen LogP contribution in [0.1, 0.15) is 18.5 Å². The van der Waals surface area contributed by atoms with Crippen molar-refractivity contribution < 1.29 is 14.4 Å². The molecular weight excluding hydrogens is 296 g/mol. The fraction of sp³-hybridized carbons (Fsp3) is 0.250. The Labute approximate surface area is 134 Å². The number of aromatic nitrogens is 1. The number of benzene rings is 1. The van der Waals surface area contributed by atoms with Gasteiger partial charge in [-0.25, -0.2) is 4.79 Å². The summed E-state index contributed by atoms with van der Waals surface area (Å²) in [5.74, 6) is 0. The molecule has 7 nitrogen and oxygen atoms in total. The summed E-state index contributed by atoms with van der Waals surface area (Å²) in [7, 11) is 0. The number of carbonyl (C=O) groups is 1. The number of hydrazine groups is 2. The number of nitrogens with one attached hydrogen (secondary N) is 2. The third-order valence-electron chi connectivity index (χ3n) is 3.35. The van der Waals surface area contributed by atoms with Crippen LogP contribution < -0.4 is 16.1 Å². The summed E-state index contributed by atoms with van der Waals surface area (Å²) >= 11 is 0. The van der Waals surface area contributed by atoms with E-state index in [0.717, 1.165) is 36.3 Å². The number of ether oxygens (including phenoxy) is 1. The van der Waals surface area contributed by atoms with Gasteiger partial charge in [0.1, 0.15) is 5.69 Å². The van der Waals surface area contributed by atoms with E-state index in [1.165, 1.54) is 5.17 Å². The first-order chi connectivity index (χ1) is 11.3. The van der Waals surface area contributed by atoms with E-state index in [-0.39, 0.29) is 0 Å². The molecule has 1 aliphatic rings. The van der Waals surface area contributed by atoms with Crippen molar-refractivity contribution in [3.05, 3.63) is 54.4 Å². The highest BCUT2D eigenvalue weighted by molar-refractivity contribution is 5.73. The van der Waals surface area contributed by atoms with Crippen LogP contribution >= 0.6 is 0 Å². The minimum absolute atomic E-state index is 0.314. The summed E-state index contributed by atoms with van der Waals surface area (Å²) in [5, 5.41) is 1.24. The lowest BCUT2D eigenvalue weighted by Crippen LogP contribution is -2.38. The van der Waals surface area contributed by atoms with Crippen LogP contribution in [0.15, 0.2) is 48.7 Å². The zero-order valence-electron chi connectivity index (χ0n) is 12.6. The standard InChI is InChI=1S/C16H18N4O3/c21-16(22-12-6-4-8-13-7-3-5-11-17-13)23-20-15-10-2-1-9-14(15)18-19-20/h1-3,5,7,9-11,18-19H,4,6,8,12H2. The Kier molecular flexibility index (Phi) is 4.90. The highest BCUT2D eigenvalue weighted by Crippen LogP contribution is 2.28. The van der Waals surface area contributed by atoms with Crippen molar-refractivity contribution >= 4 is 17.5 Å². The van der Waals surface area contributed by atoms with Gasteiger partial charge in [-0.2, -0.15) is 0 Å². The van der Waals surface area contributed by atoms with Gasteiger partial charge in [-0.05, 0) is 43.5 Å². The number of aryl methyl sites for hydroxylation is 1. The molecule has 0 saturated carbocycles. The second-order valence-electron chi connectivity index (χ2n) is 5.02. The molecule has 0 saturated heterocycles. The van der Waals surface area contributed by atoms with E-state index < -0.39 is 6.16 Å². The molecule has 0 bridgehead atoms. The molecule has 0 radical (unpaired) electrons. The molecule has 2 N–H and O–H groups in total. The van der Waals surface area contributed by atoms with Gasteiger partial charge in [0, 0.05) is 11.9 Å². The molecule has 0 fully saturated rings. The Hall–Kier alpha value is -2.80. The van der Waals surface area contributed by atoms with Crippen molar-refractivity contribution in [2.45, 2.75) is 19.3 Å². The van der Waals surface area contributed by atoms with Crippen LogP contribution in [0.4, 0.5) is 16.2 Å². The van der Waals surface area contributed by atoms with Gasteiger partial charge in [0.15, 0.2) is 0 Å². The number of hydrogen-bond acceptors (Lipinski definition) is 7.